The second-order valence-corrected chi connectivity index (χ2v) is 6.11. The minimum atomic E-state index is 0.0256. The number of aromatic amines is 1. The topological polar surface area (TPSA) is 110 Å². The van der Waals surface area contributed by atoms with Gasteiger partial charge in [-0.2, -0.15) is 10.1 Å². The van der Waals surface area contributed by atoms with Crippen molar-refractivity contribution in [3.05, 3.63) is 47.4 Å². The van der Waals surface area contributed by atoms with Gasteiger partial charge in [-0.05, 0) is 44.4 Å². The number of nitrogens with one attached hydrogen (secondary N) is 2. The number of hydrogen-bond donors (Lipinski definition) is 2. The third kappa shape index (κ3) is 4.53. The summed E-state index contributed by atoms with van der Waals surface area (Å²) < 4.78 is 5.23. The van der Waals surface area contributed by atoms with Gasteiger partial charge in [-0.1, -0.05) is 5.16 Å². The summed E-state index contributed by atoms with van der Waals surface area (Å²) in [6.07, 6.45) is 5.80. The zero-order valence-electron chi connectivity index (χ0n) is 15.0. The Morgan fingerprint density at radius 2 is 2.04 bits per heavy atom. The number of H-pyrrole nitrogens is 1. The molecule has 0 aliphatic heterocycles. The van der Waals surface area contributed by atoms with Crippen molar-refractivity contribution in [3.8, 4) is 11.4 Å². The van der Waals surface area contributed by atoms with Gasteiger partial charge in [0.1, 0.15) is 0 Å². The zero-order chi connectivity index (χ0) is 18.4. The van der Waals surface area contributed by atoms with Crippen molar-refractivity contribution in [3.63, 3.8) is 0 Å². The second-order valence-electron chi connectivity index (χ2n) is 6.11. The number of amides is 1. The smallest absolute Gasteiger partial charge is 0.226 e. The predicted octanol–water partition coefficient (Wildman–Crippen LogP) is 2.15. The minimum absolute atomic E-state index is 0.0256. The number of aromatic nitrogens is 5. The van der Waals surface area contributed by atoms with E-state index in [4.69, 9.17) is 4.52 Å². The van der Waals surface area contributed by atoms with Crippen LogP contribution in [-0.4, -0.2) is 37.8 Å². The van der Waals surface area contributed by atoms with Gasteiger partial charge in [0.25, 0.3) is 0 Å². The number of nitrogens with zero attached hydrogens (tertiary/aromatic N) is 4. The van der Waals surface area contributed by atoms with E-state index in [1.807, 2.05) is 26.0 Å². The van der Waals surface area contributed by atoms with Gasteiger partial charge in [0, 0.05) is 43.0 Å². The summed E-state index contributed by atoms with van der Waals surface area (Å²) in [6, 6.07) is 3.65. The first-order valence-electron chi connectivity index (χ1n) is 8.63. The van der Waals surface area contributed by atoms with E-state index in [1.165, 1.54) is 5.56 Å². The Morgan fingerprint density at radius 1 is 1.23 bits per heavy atom. The lowest BCUT2D eigenvalue weighted by Crippen LogP contribution is -2.25. The normalized spacial score (nSPS) is 10.8. The molecule has 0 aromatic carbocycles. The van der Waals surface area contributed by atoms with Gasteiger partial charge in [-0.3, -0.25) is 14.9 Å². The van der Waals surface area contributed by atoms with Crippen molar-refractivity contribution >= 4 is 5.91 Å². The van der Waals surface area contributed by atoms with Crippen LogP contribution < -0.4 is 5.32 Å². The Morgan fingerprint density at radius 3 is 2.77 bits per heavy atom. The van der Waals surface area contributed by atoms with Crippen molar-refractivity contribution in [1.82, 2.24) is 30.6 Å². The van der Waals surface area contributed by atoms with Crippen LogP contribution in [0, 0.1) is 13.8 Å². The van der Waals surface area contributed by atoms with E-state index in [1.54, 1.807) is 12.4 Å². The van der Waals surface area contributed by atoms with E-state index in [2.05, 4.69) is 30.6 Å². The molecule has 8 nitrogen and oxygen atoms in total. The fraction of sp³-hybridized carbons (Fsp3) is 0.389. The molecule has 3 aromatic rings. The van der Waals surface area contributed by atoms with Crippen LogP contribution in [0.4, 0.5) is 0 Å². The average Bonchev–Trinajstić information content (AvgIpc) is 3.24. The predicted molar refractivity (Wildman–Crippen MR) is 95.2 cm³/mol. The van der Waals surface area contributed by atoms with Crippen LogP contribution in [0.1, 0.15) is 35.7 Å². The maximum atomic E-state index is 12.0. The molecule has 0 radical (unpaired) electrons. The van der Waals surface area contributed by atoms with Crippen LogP contribution in [0.3, 0.4) is 0 Å². The van der Waals surface area contributed by atoms with E-state index >= 15 is 0 Å². The summed E-state index contributed by atoms with van der Waals surface area (Å²) in [6.45, 7) is 4.56. The summed E-state index contributed by atoms with van der Waals surface area (Å²) in [7, 11) is 0. The highest BCUT2D eigenvalue weighted by molar-refractivity contribution is 5.75. The largest absolute Gasteiger partial charge is 0.356 e. The molecule has 2 N–H and O–H groups in total. The lowest BCUT2D eigenvalue weighted by Gasteiger charge is -2.05. The number of rotatable bonds is 8. The van der Waals surface area contributed by atoms with Gasteiger partial charge >= 0.3 is 0 Å². The molecule has 0 fully saturated rings. The van der Waals surface area contributed by atoms with Crippen molar-refractivity contribution in [2.24, 2.45) is 0 Å². The monoisotopic (exact) mass is 354 g/mol. The maximum Gasteiger partial charge on any atom is 0.226 e. The Hall–Kier alpha value is -3.03. The molecular formula is C18H22N6O2. The molecule has 0 aliphatic rings. The fourth-order valence-corrected chi connectivity index (χ4v) is 2.73. The van der Waals surface area contributed by atoms with Crippen molar-refractivity contribution in [2.75, 3.05) is 6.54 Å². The summed E-state index contributed by atoms with van der Waals surface area (Å²) >= 11 is 0. The molecule has 136 valence electrons. The molecule has 0 bridgehead atoms. The molecule has 3 aromatic heterocycles. The van der Waals surface area contributed by atoms with Crippen molar-refractivity contribution < 1.29 is 9.32 Å². The van der Waals surface area contributed by atoms with Gasteiger partial charge in [-0.15, -0.1) is 0 Å². The van der Waals surface area contributed by atoms with Crippen molar-refractivity contribution in [2.45, 2.75) is 39.5 Å². The van der Waals surface area contributed by atoms with Gasteiger partial charge in [-0.25, -0.2) is 0 Å². The van der Waals surface area contributed by atoms with Crippen LogP contribution in [0.25, 0.3) is 11.4 Å². The third-order valence-corrected chi connectivity index (χ3v) is 4.18. The SMILES string of the molecule is Cc1n[nH]c(C)c1CCNC(=O)CCCc1nc(-c2ccncc2)no1. The van der Waals surface area contributed by atoms with Gasteiger partial charge in [0.2, 0.25) is 17.6 Å². The van der Waals surface area contributed by atoms with Crippen LogP contribution in [0.15, 0.2) is 29.0 Å². The molecule has 0 saturated carbocycles. The molecule has 0 aliphatic carbocycles. The summed E-state index contributed by atoms with van der Waals surface area (Å²) in [4.78, 5) is 20.3. The molecule has 3 rings (SSSR count). The standard InChI is InChI=1S/C18H22N6O2/c1-12-15(13(2)23-22-12)8-11-20-16(25)4-3-5-17-21-18(24-26-17)14-6-9-19-10-7-14/h6-7,9-10H,3-5,8,11H2,1-2H3,(H,20,25)(H,22,23). The van der Waals surface area contributed by atoms with E-state index < -0.39 is 0 Å². The van der Waals surface area contributed by atoms with Gasteiger partial charge in [0.05, 0.1) is 5.69 Å². The molecule has 3 heterocycles. The average molecular weight is 354 g/mol. The molecular weight excluding hydrogens is 332 g/mol. The lowest BCUT2D eigenvalue weighted by molar-refractivity contribution is -0.121. The van der Waals surface area contributed by atoms with E-state index in [0.29, 0.717) is 37.5 Å². The van der Waals surface area contributed by atoms with Crippen molar-refractivity contribution in [1.29, 1.82) is 0 Å². The molecule has 0 saturated heterocycles. The summed E-state index contributed by atoms with van der Waals surface area (Å²) in [5.74, 6) is 1.10. The highest BCUT2D eigenvalue weighted by Gasteiger charge is 2.10. The molecule has 0 unspecified atom stereocenters. The summed E-state index contributed by atoms with van der Waals surface area (Å²) in [5, 5.41) is 14.0. The number of carbonyl (C=O) groups excluding carboxylic acids is 1. The first-order chi connectivity index (χ1) is 12.6. The van der Waals surface area contributed by atoms with Crippen LogP contribution in [0.2, 0.25) is 0 Å². The highest BCUT2D eigenvalue weighted by Crippen LogP contribution is 2.15. The molecule has 26 heavy (non-hydrogen) atoms. The number of carbonyl (C=O) groups is 1. The lowest BCUT2D eigenvalue weighted by atomic mass is 10.1. The highest BCUT2D eigenvalue weighted by atomic mass is 16.5. The molecule has 0 atom stereocenters. The van der Waals surface area contributed by atoms with Gasteiger partial charge < -0.3 is 9.84 Å². The van der Waals surface area contributed by atoms with Gasteiger partial charge in [0.15, 0.2) is 0 Å². The molecule has 1 amide bonds. The quantitative estimate of drug-likeness (QED) is 0.641. The Balaban J connectivity index is 1.38. The number of aryl methyl sites for hydroxylation is 3. The first-order valence-corrected chi connectivity index (χ1v) is 8.63. The van der Waals surface area contributed by atoms with Crippen LogP contribution in [-0.2, 0) is 17.6 Å². The van der Waals surface area contributed by atoms with Crippen LogP contribution >= 0.6 is 0 Å². The first kappa shape index (κ1) is 17.8. The van der Waals surface area contributed by atoms with E-state index in [9.17, 15) is 4.79 Å². The Labute approximate surface area is 151 Å². The number of pyridine rings is 1. The maximum absolute atomic E-state index is 12.0. The Bertz CT molecular complexity index is 836. The molecule has 8 heteroatoms. The van der Waals surface area contributed by atoms with Crippen LogP contribution in [0.5, 0.6) is 0 Å². The second kappa shape index (κ2) is 8.37. The summed E-state index contributed by atoms with van der Waals surface area (Å²) in [5.41, 5.74) is 4.06. The third-order valence-electron chi connectivity index (χ3n) is 4.18. The Kier molecular flexibility index (Phi) is 5.73. The van der Waals surface area contributed by atoms with E-state index in [-0.39, 0.29) is 5.91 Å². The minimum Gasteiger partial charge on any atom is -0.356 e. The fourth-order valence-electron chi connectivity index (χ4n) is 2.73. The zero-order valence-corrected chi connectivity index (χ0v) is 15.0. The number of hydrogen-bond acceptors (Lipinski definition) is 6. The van der Waals surface area contributed by atoms with E-state index in [0.717, 1.165) is 23.4 Å². The molecule has 0 spiro atoms.